The second kappa shape index (κ2) is 8.31. The van der Waals surface area contributed by atoms with E-state index in [1.807, 2.05) is 13.0 Å². The van der Waals surface area contributed by atoms with Crippen LogP contribution >= 0.6 is 0 Å². The lowest BCUT2D eigenvalue weighted by Gasteiger charge is -2.08. The smallest absolute Gasteiger partial charge is 0.338 e. The first kappa shape index (κ1) is 18.4. The van der Waals surface area contributed by atoms with Crippen LogP contribution < -0.4 is 10.9 Å². The Labute approximate surface area is 156 Å². The minimum Gasteiger partial charge on any atom is -0.462 e. The van der Waals surface area contributed by atoms with Crippen LogP contribution in [-0.4, -0.2) is 23.5 Å². The molecule has 2 aromatic carbocycles. The summed E-state index contributed by atoms with van der Waals surface area (Å²) in [5.41, 5.74) is 0.785. The van der Waals surface area contributed by atoms with Crippen molar-refractivity contribution in [3.05, 3.63) is 76.2 Å². The van der Waals surface area contributed by atoms with Crippen LogP contribution in [0, 0.1) is 0 Å². The molecule has 138 valence electrons. The van der Waals surface area contributed by atoms with E-state index in [2.05, 4.69) is 10.3 Å². The maximum atomic E-state index is 12.4. The number of anilines is 1. The third-order valence-corrected chi connectivity index (χ3v) is 4.11. The van der Waals surface area contributed by atoms with E-state index in [1.165, 1.54) is 0 Å². The van der Waals surface area contributed by atoms with Gasteiger partial charge in [-0.25, -0.2) is 4.79 Å². The fourth-order valence-electron chi connectivity index (χ4n) is 2.61. The minimum absolute atomic E-state index is 0.168. The van der Waals surface area contributed by atoms with Crippen molar-refractivity contribution in [2.45, 2.75) is 19.8 Å². The molecule has 0 atom stereocenters. The van der Waals surface area contributed by atoms with Gasteiger partial charge in [0.05, 0.1) is 12.2 Å². The van der Waals surface area contributed by atoms with Gasteiger partial charge in [-0.15, -0.1) is 0 Å². The van der Waals surface area contributed by atoms with E-state index in [4.69, 9.17) is 4.74 Å². The summed E-state index contributed by atoms with van der Waals surface area (Å²) >= 11 is 0. The average molecular weight is 364 g/mol. The van der Waals surface area contributed by atoms with Gasteiger partial charge in [-0.2, -0.15) is 0 Å². The highest BCUT2D eigenvalue weighted by molar-refractivity contribution is 6.05. The monoisotopic (exact) mass is 364 g/mol. The summed E-state index contributed by atoms with van der Waals surface area (Å²) in [6.07, 6.45) is 1.78. The van der Waals surface area contributed by atoms with Gasteiger partial charge in [0.1, 0.15) is 5.69 Å². The molecule has 0 saturated heterocycles. The van der Waals surface area contributed by atoms with Crippen molar-refractivity contribution in [3.8, 4) is 0 Å². The zero-order valence-corrected chi connectivity index (χ0v) is 15.0. The predicted molar refractivity (Wildman–Crippen MR) is 104 cm³/mol. The maximum absolute atomic E-state index is 12.4. The lowest BCUT2D eigenvalue weighted by Crippen LogP contribution is -2.19. The lowest BCUT2D eigenvalue weighted by molar-refractivity contribution is 0.0499. The maximum Gasteiger partial charge on any atom is 0.338 e. The summed E-state index contributed by atoms with van der Waals surface area (Å²) in [4.78, 5) is 39.0. The van der Waals surface area contributed by atoms with Crippen LogP contribution in [0.25, 0.3) is 10.8 Å². The fraction of sp³-hybridized carbons (Fsp3) is 0.190. The summed E-state index contributed by atoms with van der Waals surface area (Å²) in [6.45, 7) is 2.41. The van der Waals surface area contributed by atoms with Gasteiger partial charge in [-0.1, -0.05) is 31.5 Å². The second-order valence-electron chi connectivity index (χ2n) is 6.12. The summed E-state index contributed by atoms with van der Waals surface area (Å²) in [5, 5.41) is 3.93. The molecule has 0 spiro atoms. The molecule has 6 heteroatoms. The number of pyridine rings is 1. The fourth-order valence-corrected chi connectivity index (χ4v) is 2.61. The highest BCUT2D eigenvalue weighted by Crippen LogP contribution is 2.14. The number of benzene rings is 2. The number of H-pyrrole nitrogens is 1. The topological polar surface area (TPSA) is 88.3 Å². The summed E-state index contributed by atoms with van der Waals surface area (Å²) in [5.74, 6) is -0.823. The SMILES string of the molecule is CCCCOC(=O)c1ccc(NC(=O)c2cc3ccccc3c(=O)[nH]2)cc1. The first-order valence-electron chi connectivity index (χ1n) is 8.79. The zero-order chi connectivity index (χ0) is 19.2. The van der Waals surface area contributed by atoms with Crippen molar-refractivity contribution in [2.75, 3.05) is 11.9 Å². The van der Waals surface area contributed by atoms with Gasteiger partial charge in [-0.3, -0.25) is 9.59 Å². The largest absolute Gasteiger partial charge is 0.462 e. The molecule has 0 radical (unpaired) electrons. The third kappa shape index (κ3) is 4.41. The number of amides is 1. The van der Waals surface area contributed by atoms with Crippen molar-refractivity contribution in [1.29, 1.82) is 0 Å². The summed E-state index contributed by atoms with van der Waals surface area (Å²) in [6, 6.07) is 15.1. The van der Waals surface area contributed by atoms with E-state index in [1.54, 1.807) is 48.5 Å². The average Bonchev–Trinajstić information content (AvgIpc) is 2.68. The zero-order valence-electron chi connectivity index (χ0n) is 15.0. The molecule has 2 N–H and O–H groups in total. The van der Waals surface area contributed by atoms with E-state index in [9.17, 15) is 14.4 Å². The van der Waals surface area contributed by atoms with Crippen molar-refractivity contribution >= 4 is 28.3 Å². The molecule has 0 saturated carbocycles. The molecule has 6 nitrogen and oxygen atoms in total. The van der Waals surface area contributed by atoms with Gasteiger partial charge >= 0.3 is 5.97 Å². The van der Waals surface area contributed by atoms with Crippen molar-refractivity contribution in [1.82, 2.24) is 4.98 Å². The molecule has 3 rings (SSSR count). The van der Waals surface area contributed by atoms with E-state index >= 15 is 0 Å². The standard InChI is InChI=1S/C21H20N2O4/c1-2-3-12-27-21(26)14-8-10-16(11-9-14)22-20(25)18-13-15-6-4-5-7-17(15)19(24)23-18/h4-11,13H,2-3,12H2,1H3,(H,22,25)(H,23,24). The Morgan fingerprint density at radius 1 is 1.07 bits per heavy atom. The van der Waals surface area contributed by atoms with Crippen LogP contribution in [0.3, 0.4) is 0 Å². The second-order valence-corrected chi connectivity index (χ2v) is 6.12. The number of hydrogen-bond donors (Lipinski definition) is 2. The van der Waals surface area contributed by atoms with E-state index in [0.29, 0.717) is 28.6 Å². The van der Waals surface area contributed by atoms with Gasteiger partial charge in [0.15, 0.2) is 0 Å². The van der Waals surface area contributed by atoms with E-state index in [0.717, 1.165) is 12.8 Å². The number of esters is 1. The van der Waals surface area contributed by atoms with Crippen molar-refractivity contribution in [3.63, 3.8) is 0 Å². The van der Waals surface area contributed by atoms with Crippen LogP contribution in [-0.2, 0) is 4.74 Å². The van der Waals surface area contributed by atoms with E-state index < -0.39 is 5.91 Å². The van der Waals surface area contributed by atoms with Gasteiger partial charge < -0.3 is 15.0 Å². The van der Waals surface area contributed by atoms with Gasteiger partial charge in [0.25, 0.3) is 11.5 Å². The molecular weight excluding hydrogens is 344 g/mol. The molecule has 0 aliphatic heterocycles. The highest BCUT2D eigenvalue weighted by atomic mass is 16.5. The van der Waals surface area contributed by atoms with E-state index in [-0.39, 0.29) is 17.2 Å². The molecule has 0 aliphatic rings. The summed E-state index contributed by atoms with van der Waals surface area (Å²) < 4.78 is 5.15. The number of unbranched alkanes of at least 4 members (excludes halogenated alkanes) is 1. The van der Waals surface area contributed by atoms with Crippen LogP contribution in [0.1, 0.15) is 40.6 Å². The molecule has 0 aliphatic carbocycles. The van der Waals surface area contributed by atoms with Gasteiger partial charge in [0.2, 0.25) is 0 Å². The number of nitrogens with one attached hydrogen (secondary N) is 2. The van der Waals surface area contributed by atoms with Crippen LogP contribution in [0.2, 0.25) is 0 Å². The van der Waals surface area contributed by atoms with Crippen LogP contribution in [0.4, 0.5) is 5.69 Å². The molecule has 0 unspecified atom stereocenters. The summed E-state index contributed by atoms with van der Waals surface area (Å²) in [7, 11) is 0. The predicted octanol–water partition coefficient (Wildman–Crippen LogP) is 3.74. The molecule has 1 aromatic heterocycles. The molecule has 0 bridgehead atoms. The number of aromatic nitrogens is 1. The quantitative estimate of drug-likeness (QED) is 0.515. The first-order chi connectivity index (χ1) is 13.1. The van der Waals surface area contributed by atoms with Crippen molar-refractivity contribution in [2.24, 2.45) is 0 Å². The number of carbonyl (C=O) groups is 2. The Bertz CT molecular complexity index is 1020. The Hall–Kier alpha value is -3.41. The number of ether oxygens (including phenoxy) is 1. The van der Waals surface area contributed by atoms with Crippen molar-refractivity contribution < 1.29 is 14.3 Å². The van der Waals surface area contributed by atoms with Crippen LogP contribution in [0.5, 0.6) is 0 Å². The molecule has 3 aromatic rings. The Kier molecular flexibility index (Phi) is 5.66. The molecule has 0 fully saturated rings. The number of carbonyl (C=O) groups excluding carboxylic acids is 2. The minimum atomic E-state index is -0.434. The Morgan fingerprint density at radius 3 is 2.56 bits per heavy atom. The highest BCUT2D eigenvalue weighted by Gasteiger charge is 2.11. The van der Waals surface area contributed by atoms with Gasteiger partial charge in [0, 0.05) is 11.1 Å². The number of rotatable bonds is 6. The Morgan fingerprint density at radius 2 is 1.81 bits per heavy atom. The Balaban J connectivity index is 1.71. The number of aromatic amines is 1. The van der Waals surface area contributed by atoms with Gasteiger partial charge in [-0.05, 0) is 48.2 Å². The number of hydrogen-bond acceptors (Lipinski definition) is 4. The normalized spacial score (nSPS) is 10.6. The lowest BCUT2D eigenvalue weighted by atomic mass is 10.1. The number of fused-ring (bicyclic) bond motifs is 1. The van der Waals surface area contributed by atoms with Crippen LogP contribution in [0.15, 0.2) is 59.4 Å². The molecule has 1 amide bonds. The molecule has 1 heterocycles. The molecular formula is C21H20N2O4. The first-order valence-corrected chi connectivity index (χ1v) is 8.79. The third-order valence-electron chi connectivity index (χ3n) is 4.11. The molecule has 27 heavy (non-hydrogen) atoms.